The lowest BCUT2D eigenvalue weighted by molar-refractivity contribution is -0.132. The van der Waals surface area contributed by atoms with Gasteiger partial charge in [0.05, 0.1) is 7.11 Å². The van der Waals surface area contributed by atoms with Crippen LogP contribution >= 0.6 is 0 Å². The van der Waals surface area contributed by atoms with Crippen molar-refractivity contribution >= 4 is 11.7 Å². The molecule has 0 unspecified atom stereocenters. The van der Waals surface area contributed by atoms with Crippen LogP contribution in [-0.2, 0) is 4.79 Å². The quantitative estimate of drug-likeness (QED) is 0.848. The van der Waals surface area contributed by atoms with E-state index in [0.29, 0.717) is 24.3 Å². The average molecular weight is 332 g/mol. The second-order valence-electron chi connectivity index (χ2n) is 6.83. The van der Waals surface area contributed by atoms with Crippen LogP contribution in [0.3, 0.4) is 0 Å². The third-order valence-electron chi connectivity index (χ3n) is 5.16. The number of carbonyl (C=O) groups excluding carboxylic acids is 1. The van der Waals surface area contributed by atoms with Crippen molar-refractivity contribution in [3.05, 3.63) is 12.3 Å². The van der Waals surface area contributed by atoms with Gasteiger partial charge >= 0.3 is 6.01 Å². The third-order valence-corrected chi connectivity index (χ3v) is 5.16. The molecule has 2 aliphatic rings. The highest BCUT2D eigenvalue weighted by Gasteiger charge is 2.25. The van der Waals surface area contributed by atoms with Gasteiger partial charge in [-0.05, 0) is 37.7 Å². The summed E-state index contributed by atoms with van der Waals surface area (Å²) in [5.74, 6) is 1.78. The van der Waals surface area contributed by atoms with Crippen molar-refractivity contribution in [1.82, 2.24) is 14.9 Å². The molecule has 2 saturated heterocycles. The number of rotatable bonds is 4. The zero-order valence-electron chi connectivity index (χ0n) is 14.6. The molecule has 0 bridgehead atoms. The molecule has 1 amide bonds. The molecule has 2 fully saturated rings. The second kappa shape index (κ2) is 8.31. The van der Waals surface area contributed by atoms with Crippen LogP contribution in [0.25, 0.3) is 0 Å². The van der Waals surface area contributed by atoms with Crippen molar-refractivity contribution in [2.24, 2.45) is 5.92 Å². The fraction of sp³-hybridized carbons (Fsp3) is 0.722. The van der Waals surface area contributed by atoms with E-state index in [9.17, 15) is 4.79 Å². The molecule has 3 rings (SSSR count). The van der Waals surface area contributed by atoms with Crippen LogP contribution in [0.1, 0.15) is 44.9 Å². The van der Waals surface area contributed by atoms with Gasteiger partial charge in [0, 0.05) is 38.8 Å². The van der Waals surface area contributed by atoms with Crippen LogP contribution in [0.4, 0.5) is 5.82 Å². The van der Waals surface area contributed by atoms with E-state index in [2.05, 4.69) is 19.8 Å². The van der Waals surface area contributed by atoms with Gasteiger partial charge in [0.2, 0.25) is 5.91 Å². The lowest BCUT2D eigenvalue weighted by Gasteiger charge is -2.33. The van der Waals surface area contributed by atoms with Crippen LogP contribution in [0.2, 0.25) is 0 Å². The third kappa shape index (κ3) is 4.36. The van der Waals surface area contributed by atoms with Crippen LogP contribution in [-0.4, -0.2) is 54.1 Å². The molecule has 132 valence electrons. The molecule has 0 aromatic carbocycles. The Labute approximate surface area is 144 Å². The number of hydrogen-bond acceptors (Lipinski definition) is 5. The molecule has 2 aliphatic heterocycles. The monoisotopic (exact) mass is 332 g/mol. The Kier molecular flexibility index (Phi) is 5.88. The fourth-order valence-corrected chi connectivity index (χ4v) is 3.67. The number of ether oxygens (including phenoxy) is 1. The van der Waals surface area contributed by atoms with E-state index in [1.165, 1.54) is 25.7 Å². The van der Waals surface area contributed by atoms with Gasteiger partial charge in [0.15, 0.2) is 0 Å². The lowest BCUT2D eigenvalue weighted by Crippen LogP contribution is -2.38. The van der Waals surface area contributed by atoms with Crippen LogP contribution in [0, 0.1) is 5.92 Å². The molecular formula is C18H28N4O2. The normalized spacial score (nSPS) is 19.9. The first-order valence-corrected chi connectivity index (χ1v) is 9.16. The number of carbonyl (C=O) groups is 1. The summed E-state index contributed by atoms with van der Waals surface area (Å²) >= 11 is 0. The van der Waals surface area contributed by atoms with Crippen LogP contribution in [0.5, 0.6) is 6.01 Å². The summed E-state index contributed by atoms with van der Waals surface area (Å²) in [7, 11) is 1.58. The molecule has 0 spiro atoms. The van der Waals surface area contributed by atoms with Gasteiger partial charge in [-0.1, -0.05) is 12.8 Å². The molecule has 0 atom stereocenters. The molecule has 24 heavy (non-hydrogen) atoms. The standard InChI is InChI=1S/C18H28N4O2/c1-24-18-19-9-6-16(20-18)21-12-7-15(8-13-21)14-17(23)22-10-4-2-3-5-11-22/h6,9,15H,2-5,7-8,10-14H2,1H3. The highest BCUT2D eigenvalue weighted by atomic mass is 16.5. The largest absolute Gasteiger partial charge is 0.467 e. The summed E-state index contributed by atoms with van der Waals surface area (Å²) in [6.45, 7) is 3.80. The molecule has 0 saturated carbocycles. The summed E-state index contributed by atoms with van der Waals surface area (Å²) in [6, 6.07) is 2.33. The summed E-state index contributed by atoms with van der Waals surface area (Å²) < 4.78 is 5.10. The van der Waals surface area contributed by atoms with Crippen LogP contribution < -0.4 is 9.64 Å². The summed E-state index contributed by atoms with van der Waals surface area (Å²) in [5, 5.41) is 0. The van der Waals surface area contributed by atoms with E-state index in [4.69, 9.17) is 4.74 Å². The van der Waals surface area contributed by atoms with E-state index in [1.54, 1.807) is 13.3 Å². The molecule has 3 heterocycles. The molecular weight excluding hydrogens is 304 g/mol. The van der Waals surface area contributed by atoms with E-state index in [1.807, 2.05) is 6.07 Å². The molecule has 0 radical (unpaired) electrons. The van der Waals surface area contributed by atoms with Gasteiger partial charge in [-0.3, -0.25) is 4.79 Å². The van der Waals surface area contributed by atoms with Crippen molar-refractivity contribution in [1.29, 1.82) is 0 Å². The maximum atomic E-state index is 12.5. The molecule has 6 heteroatoms. The Morgan fingerprint density at radius 2 is 1.88 bits per heavy atom. The predicted octanol–water partition coefficient (Wildman–Crippen LogP) is 2.49. The lowest BCUT2D eigenvalue weighted by atomic mass is 9.93. The molecule has 6 nitrogen and oxygen atoms in total. The van der Waals surface area contributed by atoms with E-state index in [0.717, 1.165) is 44.8 Å². The number of amides is 1. The zero-order valence-corrected chi connectivity index (χ0v) is 14.6. The number of methoxy groups -OCH3 is 1. The molecule has 1 aromatic rings. The number of piperidine rings is 1. The summed E-state index contributed by atoms with van der Waals surface area (Å²) in [5.41, 5.74) is 0. The van der Waals surface area contributed by atoms with E-state index < -0.39 is 0 Å². The minimum absolute atomic E-state index is 0.360. The van der Waals surface area contributed by atoms with Gasteiger partial charge in [-0.25, -0.2) is 4.98 Å². The Bertz CT molecular complexity index is 536. The highest BCUT2D eigenvalue weighted by molar-refractivity contribution is 5.76. The van der Waals surface area contributed by atoms with Gasteiger partial charge < -0.3 is 14.5 Å². The SMILES string of the molecule is COc1nccc(N2CCC(CC(=O)N3CCCCCC3)CC2)n1. The first kappa shape index (κ1) is 17.0. The number of anilines is 1. The summed E-state index contributed by atoms with van der Waals surface area (Å²) in [4.78, 5) is 25.3. The summed E-state index contributed by atoms with van der Waals surface area (Å²) in [6.07, 6.45) is 9.41. The van der Waals surface area contributed by atoms with Crippen LogP contribution in [0.15, 0.2) is 12.3 Å². The minimum Gasteiger partial charge on any atom is -0.467 e. The van der Waals surface area contributed by atoms with E-state index >= 15 is 0 Å². The first-order valence-electron chi connectivity index (χ1n) is 9.16. The number of aromatic nitrogens is 2. The molecule has 0 aliphatic carbocycles. The maximum absolute atomic E-state index is 12.5. The van der Waals surface area contributed by atoms with Crippen molar-refractivity contribution in [3.8, 4) is 6.01 Å². The fourth-order valence-electron chi connectivity index (χ4n) is 3.67. The zero-order chi connectivity index (χ0) is 16.8. The minimum atomic E-state index is 0.360. The Hall–Kier alpha value is -1.85. The number of likely N-dealkylation sites (tertiary alicyclic amines) is 1. The van der Waals surface area contributed by atoms with Crippen molar-refractivity contribution in [2.45, 2.75) is 44.9 Å². The number of hydrogen-bond donors (Lipinski definition) is 0. The number of nitrogens with zero attached hydrogens (tertiary/aromatic N) is 4. The smallest absolute Gasteiger partial charge is 0.318 e. The van der Waals surface area contributed by atoms with Gasteiger partial charge in [-0.15, -0.1) is 0 Å². The molecule has 0 N–H and O–H groups in total. The Morgan fingerprint density at radius 1 is 1.17 bits per heavy atom. The van der Waals surface area contributed by atoms with Gasteiger partial charge in [0.25, 0.3) is 0 Å². The van der Waals surface area contributed by atoms with E-state index in [-0.39, 0.29) is 0 Å². The Balaban J connectivity index is 1.48. The molecule has 1 aromatic heterocycles. The first-order chi connectivity index (χ1) is 11.8. The van der Waals surface area contributed by atoms with Gasteiger partial charge in [-0.2, -0.15) is 4.98 Å². The van der Waals surface area contributed by atoms with Crippen molar-refractivity contribution in [2.75, 3.05) is 38.2 Å². The highest BCUT2D eigenvalue weighted by Crippen LogP contribution is 2.25. The predicted molar refractivity (Wildman–Crippen MR) is 93.2 cm³/mol. The topological polar surface area (TPSA) is 58.6 Å². The maximum Gasteiger partial charge on any atom is 0.318 e. The van der Waals surface area contributed by atoms with Crippen molar-refractivity contribution < 1.29 is 9.53 Å². The van der Waals surface area contributed by atoms with Gasteiger partial charge in [0.1, 0.15) is 5.82 Å². The van der Waals surface area contributed by atoms with Crippen molar-refractivity contribution in [3.63, 3.8) is 0 Å². The Morgan fingerprint density at radius 3 is 2.54 bits per heavy atom. The second-order valence-corrected chi connectivity index (χ2v) is 6.83. The average Bonchev–Trinajstić information content (AvgIpc) is 2.92.